The fourth-order valence-corrected chi connectivity index (χ4v) is 3.36. The minimum atomic E-state index is -0.451. The molecule has 1 heterocycles. The van der Waals surface area contributed by atoms with Gasteiger partial charge in [0.1, 0.15) is 5.82 Å². The lowest BCUT2D eigenvalue weighted by molar-refractivity contribution is -0.385. The zero-order valence-corrected chi connectivity index (χ0v) is 15.9. The minimum absolute atomic E-state index is 0.0498. The molecule has 0 aliphatic carbocycles. The number of Topliss-reactive ketones (excluding diaryl/α,β-unsaturated/α-hetero) is 1. The fraction of sp³-hybridized carbons (Fsp3) is 0.350. The van der Waals surface area contributed by atoms with E-state index in [2.05, 4.69) is 4.90 Å². The number of hydrogen-bond acceptors (Lipinski definition) is 6. The van der Waals surface area contributed by atoms with Crippen molar-refractivity contribution < 1.29 is 18.8 Å². The molecular formula is C20H22FN3O4. The molecule has 1 saturated heterocycles. The molecule has 0 spiro atoms. The Morgan fingerprint density at radius 2 is 1.89 bits per heavy atom. The first-order valence-electron chi connectivity index (χ1n) is 8.98. The molecule has 0 radical (unpaired) electrons. The predicted octanol–water partition coefficient (Wildman–Crippen LogP) is 3.27. The number of rotatable bonds is 6. The summed E-state index contributed by atoms with van der Waals surface area (Å²) in [5, 5.41) is 11.2. The van der Waals surface area contributed by atoms with Crippen molar-refractivity contribution in [3.8, 4) is 5.75 Å². The van der Waals surface area contributed by atoms with Crippen molar-refractivity contribution in [2.75, 3.05) is 38.2 Å². The van der Waals surface area contributed by atoms with Crippen molar-refractivity contribution in [1.29, 1.82) is 0 Å². The van der Waals surface area contributed by atoms with Crippen LogP contribution in [-0.2, 0) is 6.54 Å². The first-order valence-corrected chi connectivity index (χ1v) is 8.98. The summed E-state index contributed by atoms with van der Waals surface area (Å²) in [6.07, 6.45) is 0. The van der Waals surface area contributed by atoms with Crippen LogP contribution in [0.2, 0.25) is 0 Å². The highest BCUT2D eigenvalue weighted by atomic mass is 19.1. The highest BCUT2D eigenvalue weighted by molar-refractivity contribution is 5.94. The van der Waals surface area contributed by atoms with Gasteiger partial charge in [0.2, 0.25) is 0 Å². The van der Waals surface area contributed by atoms with E-state index in [1.54, 1.807) is 18.2 Å². The number of anilines is 1. The maximum absolute atomic E-state index is 14.3. The fourth-order valence-electron chi connectivity index (χ4n) is 3.36. The largest absolute Gasteiger partial charge is 0.490 e. The number of benzene rings is 2. The van der Waals surface area contributed by atoms with Gasteiger partial charge in [0.05, 0.1) is 17.7 Å². The average Bonchev–Trinajstić information content (AvgIpc) is 2.68. The lowest BCUT2D eigenvalue weighted by atomic mass is 10.1. The quantitative estimate of drug-likeness (QED) is 0.430. The number of nitrogens with zero attached hydrogens (tertiary/aromatic N) is 3. The van der Waals surface area contributed by atoms with Gasteiger partial charge in [-0.3, -0.25) is 19.8 Å². The van der Waals surface area contributed by atoms with Gasteiger partial charge in [0.15, 0.2) is 11.5 Å². The first-order chi connectivity index (χ1) is 13.4. The number of nitro groups is 1. The highest BCUT2D eigenvalue weighted by Gasteiger charge is 2.21. The Morgan fingerprint density at radius 1 is 1.18 bits per heavy atom. The maximum Gasteiger partial charge on any atom is 0.311 e. The molecule has 0 bridgehead atoms. The Hall–Kier alpha value is -3.00. The van der Waals surface area contributed by atoms with Crippen LogP contribution >= 0.6 is 0 Å². The number of halogens is 1. The second-order valence-electron chi connectivity index (χ2n) is 6.75. The molecule has 2 aromatic carbocycles. The van der Waals surface area contributed by atoms with Gasteiger partial charge in [-0.15, -0.1) is 0 Å². The summed E-state index contributed by atoms with van der Waals surface area (Å²) in [6.45, 7) is 4.66. The molecule has 0 unspecified atom stereocenters. The number of piperazine rings is 1. The number of carbonyl (C=O) groups excluding carboxylic acids is 1. The SMILES string of the molecule is COc1ccc(CN2CCN(c3ccc(C(C)=O)cc3F)CC2)cc1[N+](=O)[O-]. The van der Waals surface area contributed by atoms with Crippen LogP contribution in [-0.4, -0.2) is 48.9 Å². The zero-order valence-electron chi connectivity index (χ0n) is 15.9. The van der Waals surface area contributed by atoms with E-state index in [1.807, 2.05) is 11.0 Å². The van der Waals surface area contributed by atoms with Crippen molar-refractivity contribution >= 4 is 17.2 Å². The molecule has 1 fully saturated rings. The van der Waals surface area contributed by atoms with Gasteiger partial charge >= 0.3 is 5.69 Å². The summed E-state index contributed by atoms with van der Waals surface area (Å²) in [7, 11) is 1.41. The smallest absolute Gasteiger partial charge is 0.311 e. The molecule has 0 amide bonds. The summed E-state index contributed by atoms with van der Waals surface area (Å²) in [4.78, 5) is 26.2. The molecule has 28 heavy (non-hydrogen) atoms. The van der Waals surface area contributed by atoms with Gasteiger partial charge < -0.3 is 9.64 Å². The van der Waals surface area contributed by atoms with Crippen LogP contribution in [0.5, 0.6) is 5.75 Å². The summed E-state index contributed by atoms with van der Waals surface area (Å²) < 4.78 is 19.4. The molecule has 1 aliphatic heterocycles. The molecule has 0 saturated carbocycles. The third kappa shape index (κ3) is 4.28. The van der Waals surface area contributed by atoms with Crippen LogP contribution in [0, 0.1) is 15.9 Å². The van der Waals surface area contributed by atoms with Crippen LogP contribution in [0.4, 0.5) is 15.8 Å². The number of nitro benzene ring substituents is 1. The van der Waals surface area contributed by atoms with Gasteiger partial charge in [-0.1, -0.05) is 6.07 Å². The average molecular weight is 387 g/mol. The second kappa shape index (κ2) is 8.35. The predicted molar refractivity (Wildman–Crippen MR) is 104 cm³/mol. The number of ketones is 1. The third-order valence-corrected chi connectivity index (χ3v) is 4.91. The second-order valence-corrected chi connectivity index (χ2v) is 6.75. The van der Waals surface area contributed by atoms with E-state index in [-0.39, 0.29) is 17.2 Å². The van der Waals surface area contributed by atoms with Crippen molar-refractivity contribution in [2.24, 2.45) is 0 Å². The number of carbonyl (C=O) groups is 1. The summed E-state index contributed by atoms with van der Waals surface area (Å²) >= 11 is 0. The normalized spacial score (nSPS) is 14.8. The van der Waals surface area contributed by atoms with E-state index in [4.69, 9.17) is 4.74 Å². The highest BCUT2D eigenvalue weighted by Crippen LogP contribution is 2.28. The number of methoxy groups -OCH3 is 1. The number of hydrogen-bond donors (Lipinski definition) is 0. The van der Waals surface area contributed by atoms with Crippen molar-refractivity contribution in [3.63, 3.8) is 0 Å². The minimum Gasteiger partial charge on any atom is -0.490 e. The molecule has 3 rings (SSSR count). The van der Waals surface area contributed by atoms with Crippen LogP contribution < -0.4 is 9.64 Å². The lowest BCUT2D eigenvalue weighted by Gasteiger charge is -2.36. The first kappa shape index (κ1) is 19.8. The maximum atomic E-state index is 14.3. The van der Waals surface area contributed by atoms with E-state index in [9.17, 15) is 19.3 Å². The zero-order chi connectivity index (χ0) is 20.3. The molecule has 148 valence electrons. The van der Waals surface area contributed by atoms with Crippen molar-refractivity contribution in [1.82, 2.24) is 4.90 Å². The van der Waals surface area contributed by atoms with E-state index < -0.39 is 10.7 Å². The van der Waals surface area contributed by atoms with Gasteiger partial charge in [-0.2, -0.15) is 0 Å². The Balaban J connectivity index is 1.64. The molecule has 0 N–H and O–H groups in total. The van der Waals surface area contributed by atoms with E-state index in [0.29, 0.717) is 44.0 Å². The lowest BCUT2D eigenvalue weighted by Crippen LogP contribution is -2.46. The van der Waals surface area contributed by atoms with Crippen molar-refractivity contribution in [2.45, 2.75) is 13.5 Å². The summed E-state index contributed by atoms with van der Waals surface area (Å²) in [5.41, 5.74) is 1.63. The Labute approximate surface area is 162 Å². The molecular weight excluding hydrogens is 365 g/mol. The molecule has 0 atom stereocenters. The van der Waals surface area contributed by atoms with Crippen molar-refractivity contribution in [3.05, 3.63) is 63.5 Å². The molecule has 2 aromatic rings. The standard InChI is InChI=1S/C20H22FN3O4/c1-14(25)16-4-5-18(17(21)12-16)23-9-7-22(8-10-23)13-15-3-6-20(28-2)19(11-15)24(26)27/h3-6,11-12H,7-10,13H2,1-2H3. The van der Waals surface area contributed by atoms with Crippen LogP contribution in [0.25, 0.3) is 0 Å². The molecule has 8 heteroatoms. The van der Waals surface area contributed by atoms with Crippen LogP contribution in [0.3, 0.4) is 0 Å². The molecule has 0 aromatic heterocycles. The molecule has 1 aliphatic rings. The van der Waals surface area contributed by atoms with Gasteiger partial charge in [-0.25, -0.2) is 4.39 Å². The van der Waals surface area contributed by atoms with Crippen LogP contribution in [0.15, 0.2) is 36.4 Å². The van der Waals surface area contributed by atoms with Gasteiger partial charge in [0.25, 0.3) is 0 Å². The Kier molecular flexibility index (Phi) is 5.89. The third-order valence-electron chi connectivity index (χ3n) is 4.91. The van der Waals surface area contributed by atoms with E-state index in [0.717, 1.165) is 5.56 Å². The summed E-state index contributed by atoms with van der Waals surface area (Å²) in [6, 6.07) is 9.53. The Morgan fingerprint density at radius 3 is 2.46 bits per heavy atom. The monoisotopic (exact) mass is 387 g/mol. The number of ether oxygens (including phenoxy) is 1. The Bertz CT molecular complexity index is 895. The van der Waals surface area contributed by atoms with E-state index >= 15 is 0 Å². The molecule has 7 nitrogen and oxygen atoms in total. The van der Waals surface area contributed by atoms with Gasteiger partial charge in [-0.05, 0) is 36.8 Å². The van der Waals surface area contributed by atoms with Crippen LogP contribution in [0.1, 0.15) is 22.8 Å². The summed E-state index contributed by atoms with van der Waals surface area (Å²) in [5.74, 6) is -0.321. The topological polar surface area (TPSA) is 75.9 Å². The van der Waals surface area contributed by atoms with E-state index in [1.165, 1.54) is 26.2 Å². The van der Waals surface area contributed by atoms with Gasteiger partial charge in [0, 0.05) is 44.4 Å².